The smallest absolute Gasteiger partial charge is 0.256 e. The highest BCUT2D eigenvalue weighted by molar-refractivity contribution is 7.99. The fourth-order valence-electron chi connectivity index (χ4n) is 1.25. The van der Waals surface area contributed by atoms with Crippen molar-refractivity contribution in [3.05, 3.63) is 35.9 Å². The number of nitrogens with one attached hydrogen (secondary N) is 1. The molecule has 0 spiro atoms. The minimum atomic E-state index is -0.132. The predicted molar refractivity (Wildman–Crippen MR) is 69.6 cm³/mol. The molecule has 0 radical (unpaired) electrons. The summed E-state index contributed by atoms with van der Waals surface area (Å²) in [5, 5.41) is 3.21. The standard InChI is InChI=1S/C12H13N3O2S/c1-8-9(2)17-12(14-8)18-7-11(16)15-10-5-3-4-6-13-10/h3-6H,7H2,1-2H3,(H,13,15,16). The van der Waals surface area contributed by atoms with Crippen LogP contribution in [0.3, 0.4) is 0 Å². The van der Waals surface area contributed by atoms with Crippen molar-refractivity contribution < 1.29 is 9.21 Å². The van der Waals surface area contributed by atoms with E-state index in [1.54, 1.807) is 18.3 Å². The van der Waals surface area contributed by atoms with Gasteiger partial charge in [-0.1, -0.05) is 17.8 Å². The lowest BCUT2D eigenvalue weighted by Crippen LogP contribution is -2.14. The van der Waals surface area contributed by atoms with E-state index in [1.807, 2.05) is 19.9 Å². The van der Waals surface area contributed by atoms with Crippen LogP contribution in [0.4, 0.5) is 5.82 Å². The Morgan fingerprint density at radius 2 is 2.28 bits per heavy atom. The van der Waals surface area contributed by atoms with Crippen molar-refractivity contribution in [3.63, 3.8) is 0 Å². The summed E-state index contributed by atoms with van der Waals surface area (Å²) in [6, 6.07) is 5.35. The summed E-state index contributed by atoms with van der Waals surface area (Å²) in [5.41, 5.74) is 0.850. The number of carbonyl (C=O) groups excluding carboxylic acids is 1. The molecular formula is C12H13N3O2S. The molecular weight excluding hydrogens is 250 g/mol. The number of oxazole rings is 1. The number of carbonyl (C=O) groups is 1. The van der Waals surface area contributed by atoms with Gasteiger partial charge in [0.15, 0.2) is 0 Å². The van der Waals surface area contributed by atoms with E-state index in [0.717, 1.165) is 11.5 Å². The molecule has 0 bridgehead atoms. The molecule has 2 rings (SSSR count). The number of nitrogens with zero attached hydrogens (tertiary/aromatic N) is 2. The van der Waals surface area contributed by atoms with E-state index in [0.29, 0.717) is 11.0 Å². The van der Waals surface area contributed by atoms with Crippen molar-refractivity contribution in [1.82, 2.24) is 9.97 Å². The summed E-state index contributed by atoms with van der Waals surface area (Å²) in [6.07, 6.45) is 1.63. The largest absolute Gasteiger partial charge is 0.437 e. The van der Waals surface area contributed by atoms with Gasteiger partial charge in [-0.15, -0.1) is 0 Å². The molecule has 6 heteroatoms. The highest BCUT2D eigenvalue weighted by Gasteiger charge is 2.09. The van der Waals surface area contributed by atoms with Crippen LogP contribution >= 0.6 is 11.8 Å². The first-order chi connectivity index (χ1) is 8.65. The summed E-state index contributed by atoms with van der Waals surface area (Å²) in [6.45, 7) is 3.72. The van der Waals surface area contributed by atoms with Gasteiger partial charge < -0.3 is 9.73 Å². The van der Waals surface area contributed by atoms with Crippen LogP contribution in [0.25, 0.3) is 0 Å². The molecule has 0 aliphatic rings. The van der Waals surface area contributed by atoms with E-state index in [9.17, 15) is 4.79 Å². The Labute approximate surface area is 109 Å². The van der Waals surface area contributed by atoms with Crippen LogP contribution in [-0.4, -0.2) is 21.6 Å². The third kappa shape index (κ3) is 3.33. The SMILES string of the molecule is Cc1nc(SCC(=O)Nc2ccccn2)oc1C. The molecule has 0 aromatic carbocycles. The quantitative estimate of drug-likeness (QED) is 0.858. The fraction of sp³-hybridized carbons (Fsp3) is 0.250. The number of aromatic nitrogens is 2. The van der Waals surface area contributed by atoms with Gasteiger partial charge in [-0.05, 0) is 26.0 Å². The third-order valence-corrected chi connectivity index (χ3v) is 3.10. The van der Waals surface area contributed by atoms with E-state index in [2.05, 4.69) is 15.3 Å². The van der Waals surface area contributed by atoms with Crippen LogP contribution < -0.4 is 5.32 Å². The van der Waals surface area contributed by atoms with Crippen LogP contribution in [0.1, 0.15) is 11.5 Å². The molecule has 2 heterocycles. The maximum absolute atomic E-state index is 11.6. The Bertz CT molecular complexity index is 520. The van der Waals surface area contributed by atoms with Crippen LogP contribution in [0.2, 0.25) is 0 Å². The Hall–Kier alpha value is -1.82. The van der Waals surface area contributed by atoms with Crippen molar-refractivity contribution >= 4 is 23.5 Å². The summed E-state index contributed by atoms with van der Waals surface area (Å²) in [7, 11) is 0. The first kappa shape index (κ1) is 12.6. The third-order valence-electron chi connectivity index (χ3n) is 2.27. The zero-order valence-corrected chi connectivity index (χ0v) is 11.0. The van der Waals surface area contributed by atoms with Crippen molar-refractivity contribution in [2.24, 2.45) is 0 Å². The van der Waals surface area contributed by atoms with E-state index < -0.39 is 0 Å². The molecule has 0 saturated heterocycles. The average Bonchev–Trinajstić information content (AvgIpc) is 2.68. The predicted octanol–water partition coefficient (Wildman–Crippen LogP) is 2.42. The minimum absolute atomic E-state index is 0.132. The van der Waals surface area contributed by atoms with Gasteiger partial charge in [-0.3, -0.25) is 4.79 Å². The normalized spacial score (nSPS) is 10.3. The number of hydrogen-bond donors (Lipinski definition) is 1. The van der Waals surface area contributed by atoms with Crippen molar-refractivity contribution in [2.75, 3.05) is 11.1 Å². The number of thioether (sulfide) groups is 1. The Morgan fingerprint density at radius 3 is 2.89 bits per heavy atom. The average molecular weight is 263 g/mol. The molecule has 0 aliphatic heterocycles. The molecule has 0 atom stereocenters. The molecule has 2 aromatic rings. The summed E-state index contributed by atoms with van der Waals surface area (Å²) in [4.78, 5) is 19.8. The zero-order valence-electron chi connectivity index (χ0n) is 10.1. The highest BCUT2D eigenvalue weighted by atomic mass is 32.2. The van der Waals surface area contributed by atoms with Gasteiger partial charge in [-0.25, -0.2) is 9.97 Å². The molecule has 0 unspecified atom stereocenters. The molecule has 1 amide bonds. The fourth-order valence-corrected chi connectivity index (χ4v) is 1.96. The van der Waals surface area contributed by atoms with Gasteiger partial charge in [-0.2, -0.15) is 0 Å². The van der Waals surface area contributed by atoms with E-state index in [4.69, 9.17) is 4.42 Å². The highest BCUT2D eigenvalue weighted by Crippen LogP contribution is 2.20. The van der Waals surface area contributed by atoms with Crippen molar-refractivity contribution in [3.8, 4) is 0 Å². The Kier molecular flexibility index (Phi) is 3.99. The van der Waals surface area contributed by atoms with Gasteiger partial charge in [0.05, 0.1) is 11.4 Å². The van der Waals surface area contributed by atoms with Gasteiger partial charge in [0.1, 0.15) is 11.6 Å². The number of anilines is 1. The number of hydrogen-bond acceptors (Lipinski definition) is 5. The minimum Gasteiger partial charge on any atom is -0.437 e. The monoisotopic (exact) mass is 263 g/mol. The molecule has 1 N–H and O–H groups in total. The van der Waals surface area contributed by atoms with Crippen LogP contribution in [0.15, 0.2) is 34.0 Å². The number of aryl methyl sites for hydroxylation is 2. The van der Waals surface area contributed by atoms with Crippen LogP contribution in [0.5, 0.6) is 0 Å². The molecule has 0 aliphatic carbocycles. The number of pyridine rings is 1. The number of amides is 1. The zero-order chi connectivity index (χ0) is 13.0. The maximum Gasteiger partial charge on any atom is 0.256 e. The lowest BCUT2D eigenvalue weighted by Gasteiger charge is -2.01. The lowest BCUT2D eigenvalue weighted by atomic mass is 10.4. The molecule has 2 aromatic heterocycles. The van der Waals surface area contributed by atoms with Crippen molar-refractivity contribution in [1.29, 1.82) is 0 Å². The molecule has 5 nitrogen and oxygen atoms in total. The van der Waals surface area contributed by atoms with E-state index >= 15 is 0 Å². The second-order valence-corrected chi connectivity index (χ2v) is 4.60. The molecule has 18 heavy (non-hydrogen) atoms. The second-order valence-electron chi connectivity index (χ2n) is 3.67. The van der Waals surface area contributed by atoms with Crippen LogP contribution in [-0.2, 0) is 4.79 Å². The van der Waals surface area contributed by atoms with Gasteiger partial charge in [0.2, 0.25) is 5.91 Å². The molecule has 0 saturated carbocycles. The lowest BCUT2D eigenvalue weighted by molar-refractivity contribution is -0.113. The Balaban J connectivity index is 1.85. The summed E-state index contributed by atoms with van der Waals surface area (Å²) >= 11 is 1.27. The maximum atomic E-state index is 11.6. The molecule has 94 valence electrons. The van der Waals surface area contributed by atoms with Gasteiger partial charge >= 0.3 is 0 Å². The van der Waals surface area contributed by atoms with E-state index in [1.165, 1.54) is 11.8 Å². The Morgan fingerprint density at radius 1 is 1.44 bits per heavy atom. The summed E-state index contributed by atoms with van der Waals surface area (Å²) < 4.78 is 5.37. The first-order valence-electron chi connectivity index (χ1n) is 5.43. The topological polar surface area (TPSA) is 68.0 Å². The summed E-state index contributed by atoms with van der Waals surface area (Å²) in [5.74, 6) is 1.44. The van der Waals surface area contributed by atoms with Crippen molar-refractivity contribution in [2.45, 2.75) is 19.1 Å². The van der Waals surface area contributed by atoms with Gasteiger partial charge in [0.25, 0.3) is 5.22 Å². The van der Waals surface area contributed by atoms with Gasteiger partial charge in [0, 0.05) is 6.20 Å². The second kappa shape index (κ2) is 5.68. The molecule has 0 fully saturated rings. The van der Waals surface area contributed by atoms with E-state index in [-0.39, 0.29) is 11.7 Å². The first-order valence-corrected chi connectivity index (χ1v) is 6.41. The number of rotatable bonds is 4. The van der Waals surface area contributed by atoms with Crippen LogP contribution in [0, 0.1) is 13.8 Å².